The third-order valence-electron chi connectivity index (χ3n) is 3.09. The third kappa shape index (κ3) is 2.63. The molecule has 4 nitrogen and oxygen atoms in total. The summed E-state index contributed by atoms with van der Waals surface area (Å²) < 4.78 is 5.15. The highest BCUT2D eigenvalue weighted by atomic mass is 32.1. The molecule has 0 saturated heterocycles. The van der Waals surface area contributed by atoms with Gasteiger partial charge in [-0.15, -0.1) is 11.3 Å². The Hall–Kier alpha value is -2.01. The van der Waals surface area contributed by atoms with Crippen LogP contribution < -0.4 is 15.8 Å². The number of thiophene rings is 1. The topological polar surface area (TPSA) is 64.4 Å². The Labute approximate surface area is 122 Å². The Morgan fingerprint density at radius 2 is 2.00 bits per heavy atom. The quantitative estimate of drug-likeness (QED) is 0.909. The van der Waals surface area contributed by atoms with Gasteiger partial charge < -0.3 is 15.8 Å². The van der Waals surface area contributed by atoms with Crippen molar-refractivity contribution in [2.24, 2.45) is 0 Å². The number of hydrogen-bond acceptors (Lipinski definition) is 4. The van der Waals surface area contributed by atoms with E-state index in [2.05, 4.69) is 5.32 Å². The number of amides is 1. The summed E-state index contributed by atoms with van der Waals surface area (Å²) in [5.41, 5.74) is 8.54. The highest BCUT2D eigenvalue weighted by molar-refractivity contribution is 7.19. The van der Waals surface area contributed by atoms with E-state index in [1.165, 1.54) is 11.3 Å². The van der Waals surface area contributed by atoms with Gasteiger partial charge in [-0.05, 0) is 49.2 Å². The van der Waals surface area contributed by atoms with E-state index >= 15 is 0 Å². The van der Waals surface area contributed by atoms with Crippen LogP contribution in [0.3, 0.4) is 0 Å². The van der Waals surface area contributed by atoms with Crippen LogP contribution in [-0.4, -0.2) is 19.6 Å². The zero-order valence-corrected chi connectivity index (χ0v) is 12.6. The maximum atomic E-state index is 12.0. The largest absolute Gasteiger partial charge is 0.497 e. The normalized spacial score (nSPS) is 10.3. The number of carbonyl (C=O) groups excluding carboxylic acids is 1. The summed E-state index contributed by atoms with van der Waals surface area (Å²) in [6.45, 7) is 4.41. The number of benzene rings is 1. The molecule has 0 atom stereocenters. The van der Waals surface area contributed by atoms with E-state index in [0.717, 1.165) is 21.8 Å². The minimum Gasteiger partial charge on any atom is -0.497 e. The first-order valence-corrected chi connectivity index (χ1v) is 7.21. The zero-order chi connectivity index (χ0) is 14.7. The Morgan fingerprint density at radius 1 is 1.35 bits per heavy atom. The second-order valence-corrected chi connectivity index (χ2v) is 5.44. The number of rotatable bonds is 4. The summed E-state index contributed by atoms with van der Waals surface area (Å²) in [5, 5.41) is 3.35. The lowest BCUT2D eigenvalue weighted by atomic mass is 10.1. The summed E-state index contributed by atoms with van der Waals surface area (Å²) >= 11 is 1.44. The van der Waals surface area contributed by atoms with Crippen LogP contribution in [0.2, 0.25) is 0 Å². The summed E-state index contributed by atoms with van der Waals surface area (Å²) in [6.07, 6.45) is 0. The highest BCUT2D eigenvalue weighted by Gasteiger charge is 2.19. The van der Waals surface area contributed by atoms with Crippen LogP contribution in [0.5, 0.6) is 5.75 Å². The first-order valence-electron chi connectivity index (χ1n) is 6.40. The van der Waals surface area contributed by atoms with Crippen LogP contribution in [0.4, 0.5) is 5.00 Å². The molecule has 0 saturated carbocycles. The lowest BCUT2D eigenvalue weighted by Gasteiger charge is -2.04. The fraction of sp³-hybridized carbons (Fsp3) is 0.267. The zero-order valence-electron chi connectivity index (χ0n) is 11.8. The van der Waals surface area contributed by atoms with Gasteiger partial charge in [-0.3, -0.25) is 4.79 Å². The number of methoxy groups -OCH3 is 1. The first-order chi connectivity index (χ1) is 9.58. The van der Waals surface area contributed by atoms with E-state index in [1.807, 2.05) is 38.1 Å². The molecule has 0 fully saturated rings. The van der Waals surface area contributed by atoms with Crippen molar-refractivity contribution in [1.82, 2.24) is 5.32 Å². The molecule has 0 spiro atoms. The Bertz CT molecular complexity index is 618. The standard InChI is InChI=1S/C15H18N2O2S/c1-4-17-15(18)12-9(2)13(20-14(12)16)10-5-7-11(19-3)8-6-10/h5-8H,4,16H2,1-3H3,(H,17,18). The Balaban J connectivity index is 2.42. The molecule has 3 N–H and O–H groups in total. The number of carbonyl (C=O) groups is 1. The maximum Gasteiger partial charge on any atom is 0.254 e. The summed E-state index contributed by atoms with van der Waals surface area (Å²) in [4.78, 5) is 13.0. The van der Waals surface area contributed by atoms with Gasteiger partial charge in [0.25, 0.3) is 5.91 Å². The van der Waals surface area contributed by atoms with Crippen molar-refractivity contribution in [3.05, 3.63) is 35.4 Å². The van der Waals surface area contributed by atoms with Gasteiger partial charge in [0.15, 0.2) is 0 Å². The molecule has 2 rings (SSSR count). The molecular weight excluding hydrogens is 272 g/mol. The average molecular weight is 290 g/mol. The van der Waals surface area contributed by atoms with Gasteiger partial charge in [0.1, 0.15) is 5.75 Å². The molecule has 2 aromatic rings. The number of anilines is 1. The molecule has 0 radical (unpaired) electrons. The molecule has 1 heterocycles. The minimum absolute atomic E-state index is 0.112. The van der Waals surface area contributed by atoms with Crippen molar-refractivity contribution >= 4 is 22.2 Å². The van der Waals surface area contributed by atoms with Crippen molar-refractivity contribution in [1.29, 1.82) is 0 Å². The maximum absolute atomic E-state index is 12.0. The second-order valence-electron chi connectivity index (χ2n) is 4.38. The SMILES string of the molecule is CCNC(=O)c1c(N)sc(-c2ccc(OC)cc2)c1C. The van der Waals surface area contributed by atoms with E-state index in [4.69, 9.17) is 10.5 Å². The number of ether oxygens (including phenoxy) is 1. The van der Waals surface area contributed by atoms with E-state index < -0.39 is 0 Å². The molecular formula is C15H18N2O2S. The fourth-order valence-corrected chi connectivity index (χ4v) is 3.16. The van der Waals surface area contributed by atoms with Gasteiger partial charge in [-0.25, -0.2) is 0 Å². The van der Waals surface area contributed by atoms with Crippen LogP contribution in [-0.2, 0) is 0 Å². The van der Waals surface area contributed by atoms with E-state index in [1.54, 1.807) is 7.11 Å². The summed E-state index contributed by atoms with van der Waals surface area (Å²) in [6, 6.07) is 7.74. The van der Waals surface area contributed by atoms with Crippen molar-refractivity contribution < 1.29 is 9.53 Å². The van der Waals surface area contributed by atoms with Gasteiger partial charge in [-0.1, -0.05) is 0 Å². The number of nitrogens with one attached hydrogen (secondary N) is 1. The van der Waals surface area contributed by atoms with Crippen molar-refractivity contribution in [3.8, 4) is 16.2 Å². The van der Waals surface area contributed by atoms with Crippen LogP contribution in [0, 0.1) is 6.92 Å². The molecule has 0 aliphatic carbocycles. The van der Waals surface area contributed by atoms with E-state index in [-0.39, 0.29) is 5.91 Å². The summed E-state index contributed by atoms with van der Waals surface area (Å²) in [5.74, 6) is 0.693. The van der Waals surface area contributed by atoms with E-state index in [0.29, 0.717) is 17.1 Å². The van der Waals surface area contributed by atoms with Crippen LogP contribution in [0.1, 0.15) is 22.8 Å². The van der Waals surface area contributed by atoms with Gasteiger partial charge in [0, 0.05) is 11.4 Å². The smallest absolute Gasteiger partial charge is 0.254 e. The number of nitrogen functional groups attached to an aromatic ring is 1. The molecule has 5 heteroatoms. The predicted molar refractivity (Wildman–Crippen MR) is 83.5 cm³/mol. The average Bonchev–Trinajstić information content (AvgIpc) is 2.74. The van der Waals surface area contributed by atoms with Crippen LogP contribution in [0.25, 0.3) is 10.4 Å². The van der Waals surface area contributed by atoms with Gasteiger partial charge in [0.05, 0.1) is 17.7 Å². The van der Waals surface area contributed by atoms with E-state index in [9.17, 15) is 4.79 Å². The molecule has 0 aliphatic rings. The van der Waals surface area contributed by atoms with Gasteiger partial charge >= 0.3 is 0 Å². The van der Waals surface area contributed by atoms with Crippen molar-refractivity contribution in [2.45, 2.75) is 13.8 Å². The molecule has 1 amide bonds. The van der Waals surface area contributed by atoms with Crippen molar-refractivity contribution in [2.75, 3.05) is 19.4 Å². The molecule has 1 aromatic heterocycles. The van der Waals surface area contributed by atoms with Gasteiger partial charge in [-0.2, -0.15) is 0 Å². The lowest BCUT2D eigenvalue weighted by Crippen LogP contribution is -2.23. The molecule has 0 bridgehead atoms. The second kappa shape index (κ2) is 5.96. The monoisotopic (exact) mass is 290 g/mol. The lowest BCUT2D eigenvalue weighted by molar-refractivity contribution is 0.0956. The minimum atomic E-state index is -0.112. The van der Waals surface area contributed by atoms with Crippen LogP contribution in [0.15, 0.2) is 24.3 Å². The van der Waals surface area contributed by atoms with Gasteiger partial charge in [0.2, 0.25) is 0 Å². The summed E-state index contributed by atoms with van der Waals surface area (Å²) in [7, 11) is 1.64. The molecule has 106 valence electrons. The first kappa shape index (κ1) is 14.4. The Morgan fingerprint density at radius 3 is 2.55 bits per heavy atom. The van der Waals surface area contributed by atoms with Crippen molar-refractivity contribution in [3.63, 3.8) is 0 Å². The molecule has 0 unspecified atom stereocenters. The predicted octanol–water partition coefficient (Wildman–Crippen LogP) is 3.06. The number of hydrogen-bond donors (Lipinski definition) is 2. The Kier molecular flexibility index (Phi) is 4.29. The van der Waals surface area contributed by atoms with Crippen LogP contribution >= 0.6 is 11.3 Å². The molecule has 1 aromatic carbocycles. The highest BCUT2D eigenvalue weighted by Crippen LogP contribution is 2.38. The number of nitrogens with two attached hydrogens (primary N) is 1. The third-order valence-corrected chi connectivity index (χ3v) is 4.26. The molecule has 0 aliphatic heterocycles. The fourth-order valence-electron chi connectivity index (χ4n) is 2.08. The molecule has 20 heavy (non-hydrogen) atoms.